The topological polar surface area (TPSA) is 51.2 Å². The molecule has 2 aromatic rings. The Hall–Kier alpha value is -1.07. The van der Waals surface area contributed by atoms with Crippen LogP contribution in [0.3, 0.4) is 0 Å². The van der Waals surface area contributed by atoms with Gasteiger partial charge in [-0.25, -0.2) is 4.98 Å². The van der Waals surface area contributed by atoms with Crippen LogP contribution in [0.2, 0.25) is 0 Å². The molecule has 4 nitrogen and oxygen atoms in total. The molecule has 3 rings (SSSR count). The predicted molar refractivity (Wildman–Crippen MR) is 66.6 cm³/mol. The summed E-state index contributed by atoms with van der Waals surface area (Å²) in [4.78, 5) is 4.45. The summed E-state index contributed by atoms with van der Waals surface area (Å²) in [6.45, 7) is 1.90. The molecule has 1 N–H and O–H groups in total. The highest BCUT2D eigenvalue weighted by Gasteiger charge is 2.26. The van der Waals surface area contributed by atoms with Crippen LogP contribution >= 0.6 is 15.9 Å². The molecule has 1 atom stereocenters. The van der Waals surface area contributed by atoms with Crippen LogP contribution in [-0.2, 0) is 6.42 Å². The standard InChI is InChI=1S/C12H13BrN2O2/c1-7-5-6-9(17-7)12-14-11(13)8-3-2-4-10(16)15(8)12/h5-6,10,16H,2-4H2,1H3. The summed E-state index contributed by atoms with van der Waals surface area (Å²) in [5, 5.41) is 10.1. The van der Waals surface area contributed by atoms with Crippen molar-refractivity contribution in [2.24, 2.45) is 0 Å². The maximum absolute atomic E-state index is 10.1. The zero-order chi connectivity index (χ0) is 12.0. The molecular weight excluding hydrogens is 284 g/mol. The molecule has 90 valence electrons. The fourth-order valence-corrected chi connectivity index (χ4v) is 2.85. The van der Waals surface area contributed by atoms with E-state index < -0.39 is 6.23 Å². The Kier molecular flexibility index (Phi) is 2.60. The van der Waals surface area contributed by atoms with E-state index in [0.29, 0.717) is 11.6 Å². The predicted octanol–water partition coefficient (Wildman–Crippen LogP) is 3.04. The average Bonchev–Trinajstić information content (AvgIpc) is 2.85. The Balaban J connectivity index is 2.18. The van der Waals surface area contributed by atoms with Gasteiger partial charge in [-0.2, -0.15) is 0 Å². The van der Waals surface area contributed by atoms with Crippen molar-refractivity contribution < 1.29 is 9.52 Å². The monoisotopic (exact) mass is 296 g/mol. The number of hydrogen-bond donors (Lipinski definition) is 1. The molecule has 0 saturated carbocycles. The fraction of sp³-hybridized carbons (Fsp3) is 0.417. The van der Waals surface area contributed by atoms with Crippen LogP contribution in [0.15, 0.2) is 21.2 Å². The molecule has 1 aliphatic heterocycles. The zero-order valence-corrected chi connectivity index (χ0v) is 11.1. The number of halogens is 1. The van der Waals surface area contributed by atoms with E-state index in [1.54, 1.807) is 0 Å². The third-order valence-electron chi connectivity index (χ3n) is 3.10. The van der Waals surface area contributed by atoms with E-state index in [0.717, 1.165) is 35.3 Å². The number of aliphatic hydroxyl groups is 1. The summed E-state index contributed by atoms with van der Waals surface area (Å²) >= 11 is 3.45. The summed E-state index contributed by atoms with van der Waals surface area (Å²) in [5.74, 6) is 2.25. The van der Waals surface area contributed by atoms with Gasteiger partial charge in [0.2, 0.25) is 0 Å². The van der Waals surface area contributed by atoms with Crippen molar-refractivity contribution in [1.29, 1.82) is 0 Å². The maximum atomic E-state index is 10.1. The number of aryl methyl sites for hydroxylation is 1. The molecule has 0 amide bonds. The van der Waals surface area contributed by atoms with E-state index in [1.165, 1.54) is 0 Å². The zero-order valence-electron chi connectivity index (χ0n) is 9.48. The second-order valence-corrected chi connectivity index (χ2v) is 5.08. The van der Waals surface area contributed by atoms with Gasteiger partial charge in [-0.05, 0) is 54.2 Å². The second kappa shape index (κ2) is 3.99. The van der Waals surface area contributed by atoms with Crippen LogP contribution in [0.4, 0.5) is 0 Å². The van der Waals surface area contributed by atoms with E-state index in [1.807, 2.05) is 23.6 Å². The molecule has 0 spiro atoms. The van der Waals surface area contributed by atoms with Gasteiger partial charge >= 0.3 is 0 Å². The first-order valence-corrected chi connectivity index (χ1v) is 6.47. The van der Waals surface area contributed by atoms with Crippen molar-refractivity contribution in [2.75, 3.05) is 0 Å². The average molecular weight is 297 g/mol. The molecule has 0 radical (unpaired) electrons. The van der Waals surface area contributed by atoms with Gasteiger partial charge in [0.05, 0.1) is 5.69 Å². The lowest BCUT2D eigenvalue weighted by atomic mass is 10.1. The van der Waals surface area contributed by atoms with Crippen molar-refractivity contribution in [1.82, 2.24) is 9.55 Å². The highest BCUT2D eigenvalue weighted by atomic mass is 79.9. The lowest BCUT2D eigenvalue weighted by Crippen LogP contribution is -2.17. The number of imidazole rings is 1. The molecule has 0 aliphatic carbocycles. The first-order valence-electron chi connectivity index (χ1n) is 5.68. The third kappa shape index (κ3) is 1.73. The van der Waals surface area contributed by atoms with Crippen LogP contribution in [-0.4, -0.2) is 14.7 Å². The second-order valence-electron chi connectivity index (χ2n) is 4.33. The van der Waals surface area contributed by atoms with Gasteiger partial charge in [0.15, 0.2) is 11.6 Å². The molecule has 0 saturated heterocycles. The summed E-state index contributed by atoms with van der Waals surface area (Å²) in [6.07, 6.45) is 2.19. The van der Waals surface area contributed by atoms with Crippen molar-refractivity contribution in [2.45, 2.75) is 32.4 Å². The molecule has 1 unspecified atom stereocenters. The third-order valence-corrected chi connectivity index (χ3v) is 3.73. The molecule has 5 heteroatoms. The van der Waals surface area contributed by atoms with Gasteiger partial charge < -0.3 is 9.52 Å². The first kappa shape index (κ1) is 11.0. The lowest BCUT2D eigenvalue weighted by molar-refractivity contribution is 0.0800. The molecule has 3 heterocycles. The highest BCUT2D eigenvalue weighted by molar-refractivity contribution is 9.10. The first-order chi connectivity index (χ1) is 8.16. The van der Waals surface area contributed by atoms with Crippen molar-refractivity contribution >= 4 is 15.9 Å². The summed E-state index contributed by atoms with van der Waals surface area (Å²) in [6, 6.07) is 3.79. The lowest BCUT2D eigenvalue weighted by Gasteiger charge is -2.22. The number of hydrogen-bond acceptors (Lipinski definition) is 3. The van der Waals surface area contributed by atoms with E-state index >= 15 is 0 Å². The summed E-state index contributed by atoms with van der Waals surface area (Å²) in [7, 11) is 0. The minimum absolute atomic E-state index is 0.502. The number of rotatable bonds is 1. The van der Waals surface area contributed by atoms with E-state index in [-0.39, 0.29) is 0 Å². The highest BCUT2D eigenvalue weighted by Crippen LogP contribution is 2.34. The molecule has 0 fully saturated rings. The Morgan fingerprint density at radius 3 is 3.06 bits per heavy atom. The van der Waals surface area contributed by atoms with Crippen molar-refractivity contribution in [3.63, 3.8) is 0 Å². The molecule has 1 aliphatic rings. The van der Waals surface area contributed by atoms with Crippen LogP contribution in [0.5, 0.6) is 0 Å². The molecule has 17 heavy (non-hydrogen) atoms. The number of nitrogens with zero attached hydrogens (tertiary/aromatic N) is 2. The minimum atomic E-state index is -0.502. The molecule has 0 bridgehead atoms. The largest absolute Gasteiger partial charge is 0.458 e. The summed E-state index contributed by atoms with van der Waals surface area (Å²) in [5.41, 5.74) is 1.05. The Bertz CT molecular complexity index is 559. The number of aromatic nitrogens is 2. The molecule has 2 aromatic heterocycles. The van der Waals surface area contributed by atoms with Crippen molar-refractivity contribution in [3.8, 4) is 11.6 Å². The van der Waals surface area contributed by atoms with Crippen molar-refractivity contribution in [3.05, 3.63) is 28.2 Å². The van der Waals surface area contributed by atoms with Gasteiger partial charge in [-0.15, -0.1) is 0 Å². The summed E-state index contributed by atoms with van der Waals surface area (Å²) < 4.78 is 8.25. The van der Waals surface area contributed by atoms with Gasteiger partial charge in [0, 0.05) is 0 Å². The van der Waals surface area contributed by atoms with Crippen LogP contribution in [0.25, 0.3) is 11.6 Å². The Morgan fingerprint density at radius 1 is 1.53 bits per heavy atom. The molecule has 0 aromatic carbocycles. The normalized spacial score (nSPS) is 19.4. The van der Waals surface area contributed by atoms with Crippen LogP contribution < -0.4 is 0 Å². The quantitative estimate of drug-likeness (QED) is 0.880. The maximum Gasteiger partial charge on any atom is 0.179 e. The van der Waals surface area contributed by atoms with E-state index in [4.69, 9.17) is 4.42 Å². The minimum Gasteiger partial charge on any atom is -0.458 e. The van der Waals surface area contributed by atoms with Crippen LogP contribution in [0.1, 0.15) is 30.5 Å². The van der Waals surface area contributed by atoms with Gasteiger partial charge in [0.25, 0.3) is 0 Å². The van der Waals surface area contributed by atoms with Gasteiger partial charge in [0.1, 0.15) is 16.6 Å². The van der Waals surface area contributed by atoms with Gasteiger partial charge in [-0.1, -0.05) is 0 Å². The van der Waals surface area contributed by atoms with Crippen LogP contribution in [0, 0.1) is 6.92 Å². The molecular formula is C12H13BrN2O2. The Labute approximate surface area is 107 Å². The number of furan rings is 1. The number of aliphatic hydroxyl groups excluding tert-OH is 1. The SMILES string of the molecule is Cc1ccc(-c2nc(Br)c3n2C(O)CCC3)o1. The Morgan fingerprint density at radius 2 is 2.35 bits per heavy atom. The smallest absolute Gasteiger partial charge is 0.179 e. The van der Waals surface area contributed by atoms with E-state index in [2.05, 4.69) is 20.9 Å². The fourth-order valence-electron chi connectivity index (χ4n) is 2.29. The number of fused-ring (bicyclic) bond motifs is 1. The van der Waals surface area contributed by atoms with E-state index in [9.17, 15) is 5.11 Å². The van der Waals surface area contributed by atoms with Gasteiger partial charge in [-0.3, -0.25) is 4.57 Å².